The van der Waals surface area contributed by atoms with Crippen molar-refractivity contribution in [3.8, 4) is 0 Å². The number of halogens is 3. The van der Waals surface area contributed by atoms with Crippen LogP contribution < -0.4 is 0 Å². The third kappa shape index (κ3) is 3.19. The lowest BCUT2D eigenvalue weighted by Crippen LogP contribution is -2.51. The fourth-order valence-electron chi connectivity index (χ4n) is 2.89. The molecule has 1 unspecified atom stereocenters. The Hall–Kier alpha value is -0.810. The normalized spacial score (nSPS) is 18.7. The third-order valence-electron chi connectivity index (χ3n) is 4.57. The summed E-state index contributed by atoms with van der Waals surface area (Å²) in [6.07, 6.45) is 2.58. The summed E-state index contributed by atoms with van der Waals surface area (Å²) in [5.74, 6) is -1.46. The van der Waals surface area contributed by atoms with Crippen LogP contribution in [0.15, 0.2) is 16.6 Å². The van der Waals surface area contributed by atoms with E-state index in [1.54, 1.807) is 0 Å². The maximum Gasteiger partial charge on any atom is 0.157 e. The van der Waals surface area contributed by atoms with Crippen LogP contribution >= 0.6 is 15.9 Å². The van der Waals surface area contributed by atoms with Gasteiger partial charge in [-0.25, -0.2) is 8.78 Å². The molecule has 1 aliphatic heterocycles. The van der Waals surface area contributed by atoms with Gasteiger partial charge in [-0.3, -0.25) is 9.69 Å². The largest absolute Gasteiger partial charge is 0.297 e. The summed E-state index contributed by atoms with van der Waals surface area (Å²) in [5.41, 5.74) is -0.786. The molecule has 0 radical (unpaired) electrons. The zero-order valence-corrected chi connectivity index (χ0v) is 14.0. The first kappa shape index (κ1) is 16.6. The highest BCUT2D eigenvalue weighted by atomic mass is 79.9. The number of hydrogen-bond donors (Lipinski definition) is 0. The molecule has 1 saturated heterocycles. The second-order valence-corrected chi connectivity index (χ2v) is 6.60. The van der Waals surface area contributed by atoms with E-state index in [2.05, 4.69) is 20.8 Å². The van der Waals surface area contributed by atoms with Gasteiger partial charge in [0, 0.05) is 12.0 Å². The first-order valence-corrected chi connectivity index (χ1v) is 8.10. The average Bonchev–Trinajstić information content (AvgIpc) is 3.01. The summed E-state index contributed by atoms with van der Waals surface area (Å²) in [5, 5.41) is 0. The monoisotopic (exact) mass is 359 g/mol. The number of benzene rings is 1. The predicted molar refractivity (Wildman–Crippen MR) is 82.3 cm³/mol. The fraction of sp³-hybridized carbons (Fsp3) is 0.562. The maximum absolute atomic E-state index is 14.0. The van der Waals surface area contributed by atoms with E-state index in [9.17, 15) is 13.6 Å². The Labute approximate surface area is 132 Å². The average molecular weight is 360 g/mol. The Morgan fingerprint density at radius 3 is 2.52 bits per heavy atom. The molecule has 0 saturated carbocycles. The van der Waals surface area contributed by atoms with Gasteiger partial charge in [0.1, 0.15) is 11.6 Å². The highest BCUT2D eigenvalue weighted by molar-refractivity contribution is 9.10. The van der Waals surface area contributed by atoms with Gasteiger partial charge >= 0.3 is 0 Å². The number of likely N-dealkylation sites (tertiary alicyclic amines) is 1. The fourth-order valence-corrected chi connectivity index (χ4v) is 3.26. The molecule has 0 amide bonds. The van der Waals surface area contributed by atoms with E-state index in [0.717, 1.165) is 25.9 Å². The lowest BCUT2D eigenvalue weighted by Gasteiger charge is -2.36. The number of nitrogens with zero attached hydrogens (tertiary/aromatic N) is 1. The molecule has 1 atom stereocenters. The molecule has 116 valence electrons. The Morgan fingerprint density at radius 1 is 1.33 bits per heavy atom. The van der Waals surface area contributed by atoms with Gasteiger partial charge in [0.15, 0.2) is 5.78 Å². The van der Waals surface area contributed by atoms with E-state index >= 15 is 0 Å². The van der Waals surface area contributed by atoms with E-state index in [4.69, 9.17) is 0 Å². The van der Waals surface area contributed by atoms with Crippen molar-refractivity contribution < 1.29 is 13.6 Å². The summed E-state index contributed by atoms with van der Waals surface area (Å²) >= 11 is 3.04. The minimum absolute atomic E-state index is 0.122. The van der Waals surface area contributed by atoms with Crippen molar-refractivity contribution in [3.05, 3.63) is 33.8 Å². The maximum atomic E-state index is 14.0. The van der Waals surface area contributed by atoms with Crippen molar-refractivity contribution >= 4 is 21.7 Å². The quantitative estimate of drug-likeness (QED) is 0.737. The lowest BCUT2D eigenvalue weighted by molar-refractivity contribution is -0.129. The smallest absolute Gasteiger partial charge is 0.157 e. The van der Waals surface area contributed by atoms with E-state index in [1.807, 2.05) is 13.8 Å². The zero-order chi connectivity index (χ0) is 15.6. The minimum Gasteiger partial charge on any atom is -0.297 e. The number of ketones is 1. The summed E-state index contributed by atoms with van der Waals surface area (Å²) < 4.78 is 28.1. The van der Waals surface area contributed by atoms with E-state index in [0.29, 0.717) is 6.42 Å². The molecule has 5 heteroatoms. The Kier molecular flexibility index (Phi) is 5.15. The summed E-state index contributed by atoms with van der Waals surface area (Å²) in [6.45, 7) is 5.58. The number of carbonyl (C=O) groups is 1. The van der Waals surface area contributed by atoms with E-state index in [-0.39, 0.29) is 22.2 Å². The molecule has 1 aromatic carbocycles. The van der Waals surface area contributed by atoms with Crippen LogP contribution in [0.5, 0.6) is 0 Å². The van der Waals surface area contributed by atoms with Gasteiger partial charge in [-0.1, -0.05) is 6.92 Å². The second kappa shape index (κ2) is 6.53. The highest BCUT2D eigenvalue weighted by Gasteiger charge is 2.39. The predicted octanol–water partition coefficient (Wildman–Crippen LogP) is 4.10. The number of hydrogen-bond acceptors (Lipinski definition) is 2. The van der Waals surface area contributed by atoms with E-state index in [1.165, 1.54) is 12.1 Å². The van der Waals surface area contributed by atoms with Gasteiger partial charge in [-0.15, -0.1) is 0 Å². The molecular weight excluding hydrogens is 340 g/mol. The molecule has 1 aliphatic rings. The molecule has 1 heterocycles. The Morgan fingerprint density at radius 2 is 1.95 bits per heavy atom. The lowest BCUT2D eigenvalue weighted by atomic mass is 9.87. The van der Waals surface area contributed by atoms with Crippen LogP contribution in [0.1, 0.15) is 38.7 Å². The number of rotatable bonds is 5. The molecule has 0 bridgehead atoms. The van der Waals surface area contributed by atoms with Gasteiger partial charge in [-0.2, -0.15) is 0 Å². The Bertz CT molecular complexity index is 543. The number of carbonyl (C=O) groups excluding carboxylic acids is 1. The summed E-state index contributed by atoms with van der Waals surface area (Å²) in [4.78, 5) is 14.8. The molecule has 2 rings (SSSR count). The molecule has 2 nitrogen and oxygen atoms in total. The van der Waals surface area contributed by atoms with Crippen LogP contribution in [-0.4, -0.2) is 29.3 Å². The summed E-state index contributed by atoms with van der Waals surface area (Å²) in [6, 6.07) is 2.51. The first-order valence-electron chi connectivity index (χ1n) is 7.31. The van der Waals surface area contributed by atoms with Crippen LogP contribution in [0.4, 0.5) is 8.78 Å². The van der Waals surface area contributed by atoms with Crippen molar-refractivity contribution in [2.45, 2.75) is 45.1 Å². The van der Waals surface area contributed by atoms with Crippen LogP contribution in [-0.2, 0) is 11.2 Å². The topological polar surface area (TPSA) is 20.3 Å². The van der Waals surface area contributed by atoms with Crippen LogP contribution in [0.3, 0.4) is 0 Å². The molecule has 21 heavy (non-hydrogen) atoms. The molecule has 1 aromatic rings. The Balaban J connectivity index is 2.26. The van der Waals surface area contributed by atoms with Crippen molar-refractivity contribution in [1.29, 1.82) is 0 Å². The zero-order valence-electron chi connectivity index (χ0n) is 12.4. The minimum atomic E-state index is -0.678. The van der Waals surface area contributed by atoms with Gasteiger partial charge in [-0.05, 0) is 67.3 Å². The highest BCUT2D eigenvalue weighted by Crippen LogP contribution is 2.29. The van der Waals surface area contributed by atoms with E-state index < -0.39 is 17.2 Å². The standard InChI is InChI=1S/C16H20BrF2NO/c1-3-16(2,20-8-4-5-9-20)14(21)10-11-13(18)7-6-12(17)15(11)19/h6-7H,3-5,8-10H2,1-2H3. The van der Waals surface area contributed by atoms with Crippen LogP contribution in [0.2, 0.25) is 0 Å². The third-order valence-corrected chi connectivity index (χ3v) is 5.18. The van der Waals surface area contributed by atoms with Crippen molar-refractivity contribution in [2.75, 3.05) is 13.1 Å². The van der Waals surface area contributed by atoms with Crippen LogP contribution in [0, 0.1) is 11.6 Å². The molecule has 0 N–H and O–H groups in total. The summed E-state index contributed by atoms with van der Waals surface area (Å²) in [7, 11) is 0. The van der Waals surface area contributed by atoms with Crippen molar-refractivity contribution in [3.63, 3.8) is 0 Å². The molecule has 1 fully saturated rings. The molecule has 0 spiro atoms. The van der Waals surface area contributed by atoms with Gasteiger partial charge in [0.2, 0.25) is 0 Å². The van der Waals surface area contributed by atoms with Gasteiger partial charge < -0.3 is 0 Å². The van der Waals surface area contributed by atoms with Gasteiger partial charge in [0.05, 0.1) is 10.0 Å². The number of Topliss-reactive ketones (excluding diaryl/α,β-unsaturated/α-hetero) is 1. The van der Waals surface area contributed by atoms with Gasteiger partial charge in [0.25, 0.3) is 0 Å². The van der Waals surface area contributed by atoms with Crippen molar-refractivity contribution in [2.24, 2.45) is 0 Å². The molecule has 0 aliphatic carbocycles. The first-order chi connectivity index (χ1) is 9.90. The SMILES string of the molecule is CCC(C)(C(=O)Cc1c(F)ccc(Br)c1F)N1CCCC1. The molecular formula is C16H20BrF2NO. The van der Waals surface area contributed by atoms with Crippen LogP contribution in [0.25, 0.3) is 0 Å². The van der Waals surface area contributed by atoms with Crippen molar-refractivity contribution in [1.82, 2.24) is 4.90 Å². The second-order valence-electron chi connectivity index (χ2n) is 5.74. The molecule has 0 aromatic heterocycles.